The number of hydrogen-bond acceptors (Lipinski definition) is 6. The normalized spacial score (nSPS) is 23.7. The molecule has 4 amide bonds. The van der Waals surface area contributed by atoms with Crippen molar-refractivity contribution in [1.29, 1.82) is 0 Å². The number of nitrogens with zero attached hydrogens (tertiary/aromatic N) is 2. The molecule has 0 aliphatic carbocycles. The van der Waals surface area contributed by atoms with Crippen molar-refractivity contribution in [3.8, 4) is 0 Å². The molecule has 1 aromatic heterocycles. The second kappa shape index (κ2) is 14.3. The predicted molar refractivity (Wildman–Crippen MR) is 157 cm³/mol. The van der Waals surface area contributed by atoms with Crippen LogP contribution in [-0.4, -0.2) is 70.8 Å². The Balaban J connectivity index is 1.69. The fourth-order valence-corrected chi connectivity index (χ4v) is 5.91. The molecule has 2 aliphatic heterocycles. The molecule has 42 heavy (non-hydrogen) atoms. The van der Waals surface area contributed by atoms with Crippen LogP contribution in [0.4, 0.5) is 0 Å². The number of para-hydroxylation sites is 1. The van der Waals surface area contributed by atoms with Crippen molar-refractivity contribution < 1.29 is 28.8 Å². The first-order valence-electron chi connectivity index (χ1n) is 15.2. The maximum atomic E-state index is 14.0. The van der Waals surface area contributed by atoms with Gasteiger partial charge in [-0.2, -0.15) is 4.73 Å². The molecule has 11 heteroatoms. The van der Waals surface area contributed by atoms with E-state index in [9.17, 15) is 24.0 Å². The quantitative estimate of drug-likeness (QED) is 0.369. The molecule has 3 N–H and O–H groups in total. The van der Waals surface area contributed by atoms with Crippen LogP contribution in [0.5, 0.6) is 0 Å². The zero-order chi connectivity index (χ0) is 30.2. The highest BCUT2D eigenvalue weighted by molar-refractivity contribution is 6.00. The fraction of sp³-hybridized carbons (Fsp3) is 0.581. The number of hydrogen-bond donors (Lipinski definition) is 3. The van der Waals surface area contributed by atoms with Crippen molar-refractivity contribution in [3.63, 3.8) is 0 Å². The van der Waals surface area contributed by atoms with Crippen molar-refractivity contribution in [2.75, 3.05) is 13.7 Å². The van der Waals surface area contributed by atoms with Gasteiger partial charge in [0, 0.05) is 30.3 Å². The summed E-state index contributed by atoms with van der Waals surface area (Å²) in [6.45, 7) is 4.03. The van der Waals surface area contributed by atoms with E-state index in [1.54, 1.807) is 18.0 Å². The average Bonchev–Trinajstić information content (AvgIpc) is 3.38. The predicted octanol–water partition coefficient (Wildman–Crippen LogP) is 2.56. The Kier molecular flexibility index (Phi) is 10.6. The number of Topliss-reactive ketones (excluding diaryl/α,β-unsaturated/α-hetero) is 1. The molecular formula is C31H43N5O6. The van der Waals surface area contributed by atoms with Crippen LogP contribution in [0, 0.1) is 0 Å². The van der Waals surface area contributed by atoms with Gasteiger partial charge < -0.3 is 25.7 Å². The van der Waals surface area contributed by atoms with Gasteiger partial charge in [-0.05, 0) is 44.6 Å². The van der Waals surface area contributed by atoms with Gasteiger partial charge in [0.25, 0.3) is 0 Å². The summed E-state index contributed by atoms with van der Waals surface area (Å²) in [6, 6.07) is 3.77. The second-order valence-electron chi connectivity index (χ2n) is 11.1. The summed E-state index contributed by atoms with van der Waals surface area (Å²) in [5, 5.41) is 9.36. The van der Waals surface area contributed by atoms with Gasteiger partial charge in [-0.3, -0.25) is 24.0 Å². The van der Waals surface area contributed by atoms with Crippen LogP contribution in [-0.2, 0) is 24.0 Å². The zero-order valence-corrected chi connectivity index (χ0v) is 24.8. The first-order valence-corrected chi connectivity index (χ1v) is 15.2. The lowest BCUT2D eigenvalue weighted by Gasteiger charge is -2.38. The summed E-state index contributed by atoms with van der Waals surface area (Å²) < 4.78 is 1.53. The summed E-state index contributed by atoms with van der Waals surface area (Å²) >= 11 is 0. The number of carbonyl (C=O) groups excluding carboxylic acids is 5. The first kappa shape index (κ1) is 31.1. The minimum Gasteiger partial charge on any atom is -0.417 e. The highest BCUT2D eigenvalue weighted by Crippen LogP contribution is 2.28. The van der Waals surface area contributed by atoms with Crippen LogP contribution in [0.2, 0.25) is 0 Å². The van der Waals surface area contributed by atoms with Gasteiger partial charge in [0.15, 0.2) is 0 Å². The number of fused-ring (bicyclic) bond motifs is 2. The third-order valence-corrected chi connectivity index (χ3v) is 8.35. The third kappa shape index (κ3) is 6.94. The van der Waals surface area contributed by atoms with E-state index in [4.69, 9.17) is 4.84 Å². The number of rotatable bonds is 10. The smallest absolute Gasteiger partial charge is 0.247 e. The Bertz CT molecular complexity index is 1310. The molecule has 1 aromatic carbocycles. The number of carbonyl (C=O) groups is 5. The minimum atomic E-state index is -1.14. The number of amides is 4. The lowest BCUT2D eigenvalue weighted by molar-refractivity contribution is -0.147. The van der Waals surface area contributed by atoms with Crippen molar-refractivity contribution in [3.05, 3.63) is 36.0 Å². The molecule has 11 nitrogen and oxygen atoms in total. The Hall–Kier alpha value is -3.89. The van der Waals surface area contributed by atoms with Gasteiger partial charge in [0.05, 0.1) is 11.7 Å². The number of ketones is 1. The lowest BCUT2D eigenvalue weighted by Crippen LogP contribution is -2.61. The largest absolute Gasteiger partial charge is 0.417 e. The molecule has 2 fully saturated rings. The number of benzene rings is 1. The minimum absolute atomic E-state index is 0.201. The van der Waals surface area contributed by atoms with Crippen LogP contribution in [0.3, 0.4) is 0 Å². The number of nitrogens with one attached hydrogen (secondary N) is 3. The van der Waals surface area contributed by atoms with Gasteiger partial charge in [-0.25, -0.2) is 0 Å². The summed E-state index contributed by atoms with van der Waals surface area (Å²) in [5.74, 6) is -1.46. The van der Waals surface area contributed by atoms with Gasteiger partial charge in [0.1, 0.15) is 37.1 Å². The van der Waals surface area contributed by atoms with E-state index < -0.39 is 36.0 Å². The van der Waals surface area contributed by atoms with Crippen molar-refractivity contribution >= 4 is 40.3 Å². The molecule has 2 aromatic rings. The topological polar surface area (TPSA) is 139 Å². The van der Waals surface area contributed by atoms with E-state index in [2.05, 4.69) is 16.0 Å². The number of aromatic nitrogens is 1. The van der Waals surface area contributed by atoms with E-state index in [0.717, 1.165) is 19.3 Å². The summed E-state index contributed by atoms with van der Waals surface area (Å²) in [7, 11) is 1.51. The average molecular weight is 582 g/mol. The molecule has 0 bridgehead atoms. The van der Waals surface area contributed by atoms with E-state index in [1.807, 2.05) is 31.2 Å². The molecule has 228 valence electrons. The van der Waals surface area contributed by atoms with Crippen LogP contribution in [0.15, 0.2) is 30.5 Å². The fourth-order valence-electron chi connectivity index (χ4n) is 5.91. The first-order chi connectivity index (χ1) is 20.3. The van der Waals surface area contributed by atoms with E-state index in [1.165, 1.54) is 11.8 Å². The van der Waals surface area contributed by atoms with Gasteiger partial charge >= 0.3 is 0 Å². The van der Waals surface area contributed by atoms with Gasteiger partial charge in [-0.15, -0.1) is 0 Å². The molecular weight excluding hydrogens is 538 g/mol. The third-order valence-electron chi connectivity index (χ3n) is 8.35. The molecule has 3 heterocycles. The van der Waals surface area contributed by atoms with Crippen LogP contribution < -0.4 is 20.8 Å². The Morgan fingerprint density at radius 1 is 0.929 bits per heavy atom. The van der Waals surface area contributed by atoms with Gasteiger partial charge in [0.2, 0.25) is 23.6 Å². The summed E-state index contributed by atoms with van der Waals surface area (Å²) in [4.78, 5) is 73.8. The maximum Gasteiger partial charge on any atom is 0.247 e. The summed E-state index contributed by atoms with van der Waals surface area (Å²) in [6.07, 6.45) is 7.42. The van der Waals surface area contributed by atoms with E-state index >= 15 is 0 Å². The molecule has 0 spiro atoms. The van der Waals surface area contributed by atoms with E-state index in [-0.39, 0.29) is 17.6 Å². The van der Waals surface area contributed by atoms with E-state index in [0.29, 0.717) is 68.0 Å². The second-order valence-corrected chi connectivity index (χ2v) is 11.1. The Morgan fingerprint density at radius 3 is 2.43 bits per heavy atom. The van der Waals surface area contributed by atoms with Crippen LogP contribution >= 0.6 is 0 Å². The highest BCUT2D eigenvalue weighted by Gasteiger charge is 2.39. The SMILES string of the molecule is CCC(=O)CCCCC[C@@H]1NC(=O)C(c2cn(OC)c3ccccc23)NC(=O)C(CC)NC(=O)C2CCCCN2C1=O. The zero-order valence-electron chi connectivity index (χ0n) is 24.8. The number of piperidine rings is 1. The lowest BCUT2D eigenvalue weighted by atomic mass is 9.96. The van der Waals surface area contributed by atoms with Gasteiger partial charge in [-0.1, -0.05) is 44.9 Å². The molecule has 2 saturated heterocycles. The molecule has 4 atom stereocenters. The monoisotopic (exact) mass is 581 g/mol. The molecule has 2 aliphatic rings. The summed E-state index contributed by atoms with van der Waals surface area (Å²) in [5.41, 5.74) is 1.23. The van der Waals surface area contributed by atoms with Crippen LogP contribution in [0.1, 0.15) is 89.7 Å². The standard InChI is InChI=1S/C31H43N5O6/c1-4-20(37)13-7-6-8-15-24-31(41)35-18-12-11-17-26(35)29(39)32-23(5-2)28(38)34-27(30(40)33-24)22-19-36(42-3)25-16-10-9-14-21(22)25/h9-10,14,16,19,23-24,26-27H,4-8,11-13,15,17-18H2,1-3H3,(H,32,39)(H,33,40)(H,34,38)/t23?,24-,26?,27?/m0/s1. The number of unbranched alkanes of at least 4 members (excludes halogenated alkanes) is 2. The molecule has 0 saturated carbocycles. The highest BCUT2D eigenvalue weighted by atomic mass is 16.6. The maximum absolute atomic E-state index is 14.0. The molecule has 0 radical (unpaired) electrons. The van der Waals surface area contributed by atoms with Crippen molar-refractivity contribution in [1.82, 2.24) is 25.6 Å². The Labute approximate surface area is 246 Å². The van der Waals surface area contributed by atoms with Crippen LogP contribution in [0.25, 0.3) is 10.9 Å². The van der Waals surface area contributed by atoms with Crippen molar-refractivity contribution in [2.45, 2.75) is 102 Å². The molecule has 4 rings (SSSR count). The Morgan fingerprint density at radius 2 is 1.69 bits per heavy atom. The van der Waals surface area contributed by atoms with Crippen molar-refractivity contribution in [2.24, 2.45) is 0 Å². The molecule has 3 unspecified atom stereocenters.